The minimum absolute atomic E-state index is 0.0864. The van der Waals surface area contributed by atoms with E-state index in [1.54, 1.807) is 0 Å². The second kappa shape index (κ2) is 4.52. The Labute approximate surface area is 107 Å². The molecule has 0 aliphatic carbocycles. The van der Waals surface area contributed by atoms with Crippen LogP contribution in [0.2, 0.25) is 4.34 Å². The Hall–Kier alpha value is -0.700. The average molecular weight is 301 g/mol. The summed E-state index contributed by atoms with van der Waals surface area (Å²) in [6, 6.07) is 0. The lowest BCUT2D eigenvalue weighted by molar-refractivity contribution is -0.137. The molecule has 2 heterocycles. The molecule has 0 saturated heterocycles. The molecule has 0 radical (unpaired) electrons. The van der Waals surface area contributed by atoms with E-state index in [0.717, 1.165) is 17.5 Å². The highest BCUT2D eigenvalue weighted by molar-refractivity contribution is 7.16. The number of hydrogen-bond acceptors (Lipinski definition) is 5. The van der Waals surface area contributed by atoms with Gasteiger partial charge in [-0.2, -0.15) is 13.2 Å². The van der Waals surface area contributed by atoms with Gasteiger partial charge in [0.15, 0.2) is 5.01 Å². The first-order chi connectivity index (χ1) is 7.88. The summed E-state index contributed by atoms with van der Waals surface area (Å²) >= 11 is 7.02. The van der Waals surface area contributed by atoms with Crippen LogP contribution in [0.5, 0.6) is 0 Å². The molecule has 0 aliphatic rings. The van der Waals surface area contributed by atoms with Crippen LogP contribution in [0, 0.1) is 0 Å². The van der Waals surface area contributed by atoms with Crippen molar-refractivity contribution in [3.8, 4) is 0 Å². The van der Waals surface area contributed by atoms with Crippen molar-refractivity contribution >= 4 is 34.3 Å². The lowest BCUT2D eigenvalue weighted by Gasteiger charge is -2.03. The number of nitrogens with zero attached hydrogens (tertiary/aromatic N) is 2. The minimum Gasteiger partial charge on any atom is -0.380 e. The highest BCUT2D eigenvalue weighted by atomic mass is 35.5. The molecule has 3 nitrogen and oxygen atoms in total. The first-order valence-electron chi connectivity index (χ1n) is 4.20. The van der Waals surface area contributed by atoms with Gasteiger partial charge in [0.05, 0.1) is 11.1 Å². The van der Waals surface area contributed by atoms with E-state index in [4.69, 9.17) is 11.6 Å². The van der Waals surface area contributed by atoms with Crippen molar-refractivity contribution in [2.45, 2.75) is 12.3 Å². The van der Waals surface area contributed by atoms with Gasteiger partial charge in [0.2, 0.25) is 0 Å². The van der Waals surface area contributed by atoms with E-state index in [1.807, 2.05) is 0 Å². The summed E-state index contributed by atoms with van der Waals surface area (Å²) in [7, 11) is 0. The number of aliphatic hydroxyl groups excluding tert-OH is 1. The summed E-state index contributed by atoms with van der Waals surface area (Å²) < 4.78 is 37.3. The van der Waals surface area contributed by atoms with Crippen molar-refractivity contribution in [3.63, 3.8) is 0 Å². The van der Waals surface area contributed by atoms with Gasteiger partial charge in [0, 0.05) is 6.20 Å². The molecule has 1 unspecified atom stereocenters. The van der Waals surface area contributed by atoms with Crippen LogP contribution in [0.15, 0.2) is 12.4 Å². The number of alkyl halides is 3. The van der Waals surface area contributed by atoms with E-state index in [9.17, 15) is 18.3 Å². The van der Waals surface area contributed by atoms with Crippen LogP contribution < -0.4 is 0 Å². The van der Waals surface area contributed by atoms with E-state index < -0.39 is 17.3 Å². The summed E-state index contributed by atoms with van der Waals surface area (Å²) in [5, 5.41) is 9.03. The maximum Gasteiger partial charge on any atom is 0.443 e. The molecule has 2 aromatic heterocycles. The Morgan fingerprint density at radius 3 is 2.41 bits per heavy atom. The third-order valence-corrected chi connectivity index (χ3v) is 4.03. The zero-order chi connectivity index (χ0) is 12.6. The molecule has 0 amide bonds. The molecule has 0 fully saturated rings. The Morgan fingerprint density at radius 2 is 1.94 bits per heavy atom. The normalized spacial score (nSPS) is 13.9. The summed E-state index contributed by atoms with van der Waals surface area (Å²) in [5.41, 5.74) is 0. The van der Waals surface area contributed by atoms with Crippen LogP contribution in [-0.4, -0.2) is 15.1 Å². The number of halogens is 4. The van der Waals surface area contributed by atoms with Crippen molar-refractivity contribution in [2.75, 3.05) is 0 Å². The largest absolute Gasteiger partial charge is 0.443 e. The third kappa shape index (κ3) is 2.76. The SMILES string of the molecule is OC(c1cnc(C(F)(F)F)s1)c1ncc(Cl)s1. The third-order valence-electron chi connectivity index (χ3n) is 1.76. The lowest BCUT2D eigenvalue weighted by Crippen LogP contribution is -2.03. The van der Waals surface area contributed by atoms with Crippen molar-refractivity contribution in [2.24, 2.45) is 0 Å². The van der Waals surface area contributed by atoms with Crippen LogP contribution in [0.1, 0.15) is 21.0 Å². The summed E-state index contributed by atoms with van der Waals surface area (Å²) in [6.07, 6.45) is -3.39. The smallest absolute Gasteiger partial charge is 0.380 e. The molecule has 0 aliphatic heterocycles. The quantitative estimate of drug-likeness (QED) is 0.925. The van der Waals surface area contributed by atoms with Gasteiger partial charge >= 0.3 is 6.18 Å². The summed E-state index contributed by atoms with van der Waals surface area (Å²) in [6.45, 7) is 0. The zero-order valence-corrected chi connectivity index (χ0v) is 10.3. The molecule has 2 aromatic rings. The van der Waals surface area contributed by atoms with Gasteiger partial charge < -0.3 is 5.11 Å². The molecule has 0 bridgehead atoms. The fraction of sp³-hybridized carbons (Fsp3) is 0.250. The topological polar surface area (TPSA) is 46.0 Å². The van der Waals surface area contributed by atoms with Gasteiger partial charge in [-0.3, -0.25) is 0 Å². The van der Waals surface area contributed by atoms with Crippen LogP contribution in [0.3, 0.4) is 0 Å². The van der Waals surface area contributed by atoms with E-state index in [0.29, 0.717) is 15.7 Å². The second-order valence-corrected chi connectivity index (χ2v) is 5.73. The Morgan fingerprint density at radius 1 is 1.24 bits per heavy atom. The number of aliphatic hydroxyl groups is 1. The molecule has 1 N–H and O–H groups in total. The Kier molecular flexibility index (Phi) is 3.39. The standard InChI is InChI=1S/C8H4ClF3N2OS2/c9-4-2-13-6(17-4)5(15)3-1-14-7(16-3)8(10,11)12/h1-2,5,15H. The highest BCUT2D eigenvalue weighted by Crippen LogP contribution is 2.37. The molecular formula is C8H4ClF3N2OS2. The van der Waals surface area contributed by atoms with Gasteiger partial charge in [0.1, 0.15) is 15.4 Å². The van der Waals surface area contributed by atoms with E-state index in [1.165, 1.54) is 6.20 Å². The van der Waals surface area contributed by atoms with Gasteiger partial charge in [0.25, 0.3) is 0 Å². The Balaban J connectivity index is 2.26. The van der Waals surface area contributed by atoms with Crippen LogP contribution in [0.4, 0.5) is 13.2 Å². The molecule has 9 heteroatoms. The average Bonchev–Trinajstić information content (AvgIpc) is 2.83. The van der Waals surface area contributed by atoms with Gasteiger partial charge in [-0.05, 0) is 0 Å². The van der Waals surface area contributed by atoms with Gasteiger partial charge in [-0.25, -0.2) is 9.97 Å². The van der Waals surface area contributed by atoms with Crippen LogP contribution >= 0.6 is 34.3 Å². The summed E-state index contributed by atoms with van der Waals surface area (Å²) in [4.78, 5) is 7.10. The van der Waals surface area contributed by atoms with Crippen LogP contribution in [0.25, 0.3) is 0 Å². The Bertz CT molecular complexity index is 525. The van der Waals surface area contributed by atoms with E-state index in [-0.39, 0.29) is 9.88 Å². The highest BCUT2D eigenvalue weighted by Gasteiger charge is 2.35. The van der Waals surface area contributed by atoms with Gasteiger partial charge in [-0.15, -0.1) is 22.7 Å². The molecule has 92 valence electrons. The predicted molar refractivity (Wildman–Crippen MR) is 58.3 cm³/mol. The number of aromatic nitrogens is 2. The monoisotopic (exact) mass is 300 g/mol. The number of rotatable bonds is 2. The molecular weight excluding hydrogens is 297 g/mol. The fourth-order valence-electron chi connectivity index (χ4n) is 1.06. The molecule has 0 spiro atoms. The molecule has 0 saturated carbocycles. The molecule has 0 aromatic carbocycles. The lowest BCUT2D eigenvalue weighted by atomic mass is 10.3. The minimum atomic E-state index is -4.50. The van der Waals surface area contributed by atoms with Crippen LogP contribution in [-0.2, 0) is 6.18 Å². The maximum absolute atomic E-state index is 12.3. The van der Waals surface area contributed by atoms with Gasteiger partial charge in [-0.1, -0.05) is 11.6 Å². The first kappa shape index (κ1) is 12.7. The van der Waals surface area contributed by atoms with E-state index >= 15 is 0 Å². The number of thiazole rings is 2. The molecule has 1 atom stereocenters. The second-order valence-electron chi connectivity index (χ2n) is 2.97. The van der Waals surface area contributed by atoms with Crippen molar-refractivity contribution in [1.29, 1.82) is 0 Å². The van der Waals surface area contributed by atoms with E-state index in [2.05, 4.69) is 9.97 Å². The number of hydrogen-bond donors (Lipinski definition) is 1. The summed E-state index contributed by atoms with van der Waals surface area (Å²) in [5.74, 6) is 0. The molecule has 2 rings (SSSR count). The molecule has 17 heavy (non-hydrogen) atoms. The van der Waals surface area contributed by atoms with Crippen molar-refractivity contribution in [3.05, 3.63) is 31.6 Å². The fourth-order valence-corrected chi connectivity index (χ4v) is 2.84. The maximum atomic E-state index is 12.3. The van der Waals surface area contributed by atoms with Crippen molar-refractivity contribution in [1.82, 2.24) is 9.97 Å². The first-order valence-corrected chi connectivity index (χ1v) is 6.21. The van der Waals surface area contributed by atoms with Crippen molar-refractivity contribution < 1.29 is 18.3 Å². The zero-order valence-electron chi connectivity index (χ0n) is 7.90. The predicted octanol–water partition coefficient (Wildman–Crippen LogP) is 3.35.